The Morgan fingerprint density at radius 1 is 1.21 bits per heavy atom. The number of rotatable bonds is 6. The molecule has 2 heteroatoms. The summed E-state index contributed by atoms with van der Waals surface area (Å²) >= 11 is 0. The van der Waals surface area contributed by atoms with Gasteiger partial charge in [0.1, 0.15) is 0 Å². The zero-order valence-electron chi connectivity index (χ0n) is 13.4. The Hall–Kier alpha value is -0.0800. The van der Waals surface area contributed by atoms with Gasteiger partial charge in [-0.3, -0.25) is 0 Å². The van der Waals surface area contributed by atoms with Crippen LogP contribution < -0.4 is 5.32 Å². The molecule has 2 aliphatic rings. The molecule has 2 rings (SSSR count). The summed E-state index contributed by atoms with van der Waals surface area (Å²) in [6.45, 7) is 10.5. The zero-order chi connectivity index (χ0) is 13.9. The van der Waals surface area contributed by atoms with Gasteiger partial charge in [0.15, 0.2) is 0 Å². The highest BCUT2D eigenvalue weighted by Gasteiger charge is 2.51. The highest BCUT2D eigenvalue weighted by molar-refractivity contribution is 5.05. The average Bonchev–Trinajstić information content (AvgIpc) is 2.41. The minimum atomic E-state index is 0.357. The normalized spacial score (nSPS) is 42.9. The second kappa shape index (κ2) is 6.58. The molecule has 2 fully saturated rings. The van der Waals surface area contributed by atoms with Crippen molar-refractivity contribution in [2.24, 2.45) is 11.3 Å². The molecule has 0 aliphatic heterocycles. The third-order valence-corrected chi connectivity index (χ3v) is 5.63. The molecule has 0 spiro atoms. The Morgan fingerprint density at radius 2 is 2.00 bits per heavy atom. The molecule has 2 aliphatic carbocycles. The molecule has 2 saturated carbocycles. The summed E-state index contributed by atoms with van der Waals surface area (Å²) in [5.41, 5.74) is 0.357. The van der Waals surface area contributed by atoms with E-state index in [2.05, 4.69) is 33.0 Å². The van der Waals surface area contributed by atoms with E-state index in [9.17, 15) is 0 Å². The van der Waals surface area contributed by atoms with Crippen molar-refractivity contribution < 1.29 is 4.74 Å². The van der Waals surface area contributed by atoms with Crippen LogP contribution in [0, 0.1) is 11.3 Å². The highest BCUT2D eigenvalue weighted by atomic mass is 16.5. The first kappa shape index (κ1) is 15.3. The van der Waals surface area contributed by atoms with Crippen LogP contribution in [-0.2, 0) is 4.74 Å². The summed E-state index contributed by atoms with van der Waals surface area (Å²) in [4.78, 5) is 0. The third-order valence-electron chi connectivity index (χ3n) is 5.63. The van der Waals surface area contributed by atoms with Crippen LogP contribution in [0.2, 0.25) is 0 Å². The van der Waals surface area contributed by atoms with Crippen LogP contribution in [0.4, 0.5) is 0 Å². The van der Waals surface area contributed by atoms with Crippen LogP contribution in [0.25, 0.3) is 0 Å². The first-order chi connectivity index (χ1) is 9.10. The first-order valence-electron chi connectivity index (χ1n) is 8.49. The van der Waals surface area contributed by atoms with E-state index in [1.54, 1.807) is 0 Å². The van der Waals surface area contributed by atoms with E-state index >= 15 is 0 Å². The van der Waals surface area contributed by atoms with Crippen LogP contribution in [-0.4, -0.2) is 24.8 Å². The topological polar surface area (TPSA) is 21.3 Å². The molecule has 2 nitrogen and oxygen atoms in total. The molecule has 112 valence electrons. The smallest absolute Gasteiger partial charge is 0.0662 e. The molecule has 0 amide bonds. The standard InChI is InChI=1S/C17H33NO/c1-5-10-18-15-12-16(17(15,4)6-2)19-14-9-7-8-13(3)11-14/h13-16,18H,5-12H2,1-4H3. The maximum absolute atomic E-state index is 6.47. The van der Waals surface area contributed by atoms with Crippen molar-refractivity contribution in [1.82, 2.24) is 5.32 Å². The summed E-state index contributed by atoms with van der Waals surface area (Å²) in [6, 6.07) is 0.670. The Morgan fingerprint density at radius 3 is 2.63 bits per heavy atom. The van der Waals surface area contributed by atoms with Gasteiger partial charge in [0, 0.05) is 11.5 Å². The number of nitrogens with one attached hydrogen (secondary N) is 1. The molecule has 0 radical (unpaired) electrons. The fourth-order valence-corrected chi connectivity index (χ4v) is 3.87. The number of hydrogen-bond acceptors (Lipinski definition) is 2. The summed E-state index contributed by atoms with van der Waals surface area (Å²) in [6.07, 6.45) is 10.0. The van der Waals surface area contributed by atoms with Gasteiger partial charge in [-0.05, 0) is 44.6 Å². The monoisotopic (exact) mass is 267 g/mol. The van der Waals surface area contributed by atoms with Gasteiger partial charge in [0.05, 0.1) is 12.2 Å². The Kier molecular flexibility index (Phi) is 5.30. The predicted molar refractivity (Wildman–Crippen MR) is 81.4 cm³/mol. The van der Waals surface area contributed by atoms with E-state index < -0.39 is 0 Å². The van der Waals surface area contributed by atoms with E-state index in [1.165, 1.54) is 44.9 Å². The lowest BCUT2D eigenvalue weighted by Gasteiger charge is -2.55. The highest BCUT2D eigenvalue weighted by Crippen LogP contribution is 2.47. The van der Waals surface area contributed by atoms with Crippen LogP contribution in [0.1, 0.15) is 72.6 Å². The minimum absolute atomic E-state index is 0.357. The lowest BCUT2D eigenvalue weighted by molar-refractivity contribution is -0.165. The molecule has 0 bridgehead atoms. The van der Waals surface area contributed by atoms with E-state index in [4.69, 9.17) is 4.74 Å². The average molecular weight is 267 g/mol. The van der Waals surface area contributed by atoms with Gasteiger partial charge < -0.3 is 10.1 Å². The van der Waals surface area contributed by atoms with E-state index in [0.29, 0.717) is 23.7 Å². The van der Waals surface area contributed by atoms with Crippen LogP contribution in [0.5, 0.6) is 0 Å². The lowest BCUT2D eigenvalue weighted by atomic mass is 9.61. The van der Waals surface area contributed by atoms with Crippen molar-refractivity contribution in [2.45, 2.75) is 90.9 Å². The fraction of sp³-hybridized carbons (Fsp3) is 1.00. The van der Waals surface area contributed by atoms with Crippen LogP contribution >= 0.6 is 0 Å². The molecular weight excluding hydrogens is 234 g/mol. The Labute approximate surface area is 119 Å². The quantitative estimate of drug-likeness (QED) is 0.781. The van der Waals surface area contributed by atoms with Crippen molar-refractivity contribution in [3.8, 4) is 0 Å². The van der Waals surface area contributed by atoms with Crippen molar-refractivity contribution in [3.05, 3.63) is 0 Å². The van der Waals surface area contributed by atoms with Gasteiger partial charge in [-0.15, -0.1) is 0 Å². The molecule has 0 aromatic carbocycles. The second-order valence-electron chi connectivity index (χ2n) is 7.12. The van der Waals surface area contributed by atoms with Crippen molar-refractivity contribution in [3.63, 3.8) is 0 Å². The third kappa shape index (κ3) is 3.33. The fourth-order valence-electron chi connectivity index (χ4n) is 3.87. The number of hydrogen-bond donors (Lipinski definition) is 1. The van der Waals surface area contributed by atoms with Crippen molar-refractivity contribution >= 4 is 0 Å². The minimum Gasteiger partial charge on any atom is -0.374 e. The largest absolute Gasteiger partial charge is 0.374 e. The van der Waals surface area contributed by atoms with Gasteiger partial charge in [-0.2, -0.15) is 0 Å². The van der Waals surface area contributed by atoms with Gasteiger partial charge >= 0.3 is 0 Å². The molecule has 5 unspecified atom stereocenters. The summed E-state index contributed by atoms with van der Waals surface area (Å²) in [7, 11) is 0. The molecule has 0 saturated heterocycles. The Balaban J connectivity index is 1.84. The summed E-state index contributed by atoms with van der Waals surface area (Å²) in [5.74, 6) is 0.862. The van der Waals surface area contributed by atoms with Gasteiger partial charge in [-0.25, -0.2) is 0 Å². The summed E-state index contributed by atoms with van der Waals surface area (Å²) in [5, 5.41) is 3.71. The van der Waals surface area contributed by atoms with Gasteiger partial charge in [0.2, 0.25) is 0 Å². The molecule has 0 aromatic rings. The molecule has 1 N–H and O–H groups in total. The van der Waals surface area contributed by atoms with Crippen LogP contribution in [0.15, 0.2) is 0 Å². The maximum Gasteiger partial charge on any atom is 0.0662 e. The van der Waals surface area contributed by atoms with E-state index in [-0.39, 0.29) is 0 Å². The SMILES string of the molecule is CCCNC1CC(OC2CCCC(C)C2)C1(C)CC. The van der Waals surface area contributed by atoms with Gasteiger partial charge in [0.25, 0.3) is 0 Å². The van der Waals surface area contributed by atoms with E-state index in [1.807, 2.05) is 0 Å². The zero-order valence-corrected chi connectivity index (χ0v) is 13.4. The molecule has 19 heavy (non-hydrogen) atoms. The summed E-state index contributed by atoms with van der Waals surface area (Å²) < 4.78 is 6.47. The predicted octanol–water partition coefficient (Wildman–Crippen LogP) is 4.14. The maximum atomic E-state index is 6.47. The van der Waals surface area contributed by atoms with Gasteiger partial charge in [-0.1, -0.05) is 40.5 Å². The van der Waals surface area contributed by atoms with Crippen molar-refractivity contribution in [2.75, 3.05) is 6.54 Å². The molecular formula is C17H33NO. The number of ether oxygens (including phenoxy) is 1. The first-order valence-corrected chi connectivity index (χ1v) is 8.49. The second-order valence-corrected chi connectivity index (χ2v) is 7.12. The Bertz CT molecular complexity index is 280. The van der Waals surface area contributed by atoms with Crippen LogP contribution in [0.3, 0.4) is 0 Å². The van der Waals surface area contributed by atoms with E-state index in [0.717, 1.165) is 12.5 Å². The molecule has 0 aromatic heterocycles. The lowest BCUT2D eigenvalue weighted by Crippen LogP contribution is -2.63. The molecule has 0 heterocycles. The molecule has 5 atom stereocenters. The van der Waals surface area contributed by atoms with Crippen molar-refractivity contribution in [1.29, 1.82) is 0 Å².